The molecule has 11 heavy (non-hydrogen) atoms. The molecule has 0 bridgehead atoms. The molecule has 0 saturated carbocycles. The van der Waals surface area contributed by atoms with Crippen molar-refractivity contribution in [3.63, 3.8) is 0 Å². The predicted octanol–water partition coefficient (Wildman–Crippen LogP) is -0.597. The fourth-order valence-electron chi connectivity index (χ4n) is 0.339. The van der Waals surface area contributed by atoms with E-state index in [9.17, 15) is 13.2 Å². The molecule has 0 heterocycles. The summed E-state index contributed by atoms with van der Waals surface area (Å²) in [6.45, 7) is 1.60. The molecule has 1 atom stereocenters. The molecule has 0 aliphatic heterocycles. The summed E-state index contributed by atoms with van der Waals surface area (Å²) in [5.74, 6) is -1.04. The number of ether oxygens (including phenoxy) is 1. The van der Waals surface area contributed by atoms with Crippen molar-refractivity contribution in [2.45, 2.75) is 12.3 Å². The zero-order valence-corrected chi connectivity index (χ0v) is 7.35. The number of carbonyl (C=O) groups excluding carboxylic acids is 1. The molecule has 0 rings (SSSR count). The molecule has 5 nitrogen and oxygen atoms in total. The molecule has 0 aromatic heterocycles. The van der Waals surface area contributed by atoms with E-state index in [4.69, 9.17) is 16.4 Å². The summed E-state index contributed by atoms with van der Waals surface area (Å²) >= 11 is 0. The number of hydrogen-bond donors (Lipinski definition) is 1. The summed E-state index contributed by atoms with van der Waals surface area (Å²) in [6, 6.07) is 0. The summed E-state index contributed by atoms with van der Waals surface area (Å²) in [4.78, 5) is 10.6. The van der Waals surface area contributed by atoms with Crippen LogP contribution >= 0.6 is 10.7 Å². The van der Waals surface area contributed by atoms with Crippen molar-refractivity contribution < 1.29 is 17.9 Å². The number of nitrogens with two attached hydrogens (primary N) is 1. The lowest BCUT2D eigenvalue weighted by Crippen LogP contribution is -2.37. The van der Waals surface area contributed by atoms with Gasteiger partial charge in [-0.15, -0.1) is 0 Å². The molecule has 66 valence electrons. The number of carbonyl (C=O) groups is 1. The van der Waals surface area contributed by atoms with Gasteiger partial charge in [-0.25, -0.2) is 13.2 Å². The second-order valence-corrected chi connectivity index (χ2v) is 4.40. The van der Waals surface area contributed by atoms with Crippen molar-refractivity contribution in [2.24, 2.45) is 5.73 Å². The molecule has 7 heteroatoms. The van der Waals surface area contributed by atoms with Crippen LogP contribution in [0.25, 0.3) is 0 Å². The lowest BCUT2D eigenvalue weighted by Gasteiger charge is -2.05. The van der Waals surface area contributed by atoms with Crippen molar-refractivity contribution >= 4 is 25.7 Å². The quantitative estimate of drug-likeness (QED) is 0.487. The Morgan fingerprint density at radius 1 is 1.73 bits per heavy atom. The van der Waals surface area contributed by atoms with E-state index in [1.807, 2.05) is 0 Å². The Morgan fingerprint density at radius 3 is 2.45 bits per heavy atom. The Morgan fingerprint density at radius 2 is 2.18 bits per heavy atom. The first kappa shape index (κ1) is 10.7. The normalized spacial score (nSPS) is 14.1. The highest BCUT2D eigenvalue weighted by Crippen LogP contribution is 2.02. The fourth-order valence-corrected chi connectivity index (χ4v) is 0.855. The second-order valence-electron chi connectivity index (χ2n) is 1.65. The van der Waals surface area contributed by atoms with Gasteiger partial charge in [0.2, 0.25) is 5.37 Å². The maximum atomic E-state index is 10.6. The third-order valence-corrected chi connectivity index (χ3v) is 2.20. The van der Waals surface area contributed by atoms with E-state index in [0.29, 0.717) is 0 Å². The van der Waals surface area contributed by atoms with Crippen LogP contribution < -0.4 is 5.73 Å². The van der Waals surface area contributed by atoms with E-state index in [1.54, 1.807) is 0 Å². The van der Waals surface area contributed by atoms with E-state index in [0.717, 1.165) is 0 Å². The summed E-state index contributed by atoms with van der Waals surface area (Å²) in [5.41, 5.74) is 4.89. The first-order valence-corrected chi connectivity index (χ1v) is 5.12. The van der Waals surface area contributed by atoms with E-state index < -0.39 is 20.4 Å². The molecule has 0 spiro atoms. The molecule has 0 aliphatic carbocycles. The summed E-state index contributed by atoms with van der Waals surface area (Å²) in [6.07, 6.45) is 0. The van der Waals surface area contributed by atoms with Crippen molar-refractivity contribution in [3.8, 4) is 0 Å². The minimum Gasteiger partial charge on any atom is -0.464 e. The average molecular weight is 202 g/mol. The maximum Gasteiger partial charge on any atom is 0.340 e. The van der Waals surface area contributed by atoms with Crippen LogP contribution in [0.4, 0.5) is 0 Å². The van der Waals surface area contributed by atoms with Gasteiger partial charge in [0.1, 0.15) is 0 Å². The number of rotatable bonds is 3. The Kier molecular flexibility index (Phi) is 3.77. The predicted molar refractivity (Wildman–Crippen MR) is 39.4 cm³/mol. The monoisotopic (exact) mass is 201 g/mol. The highest BCUT2D eigenvalue weighted by molar-refractivity contribution is 8.14. The van der Waals surface area contributed by atoms with E-state index in [2.05, 4.69) is 4.74 Å². The molecule has 0 radical (unpaired) electrons. The Balaban J connectivity index is 4.27. The van der Waals surface area contributed by atoms with Crippen LogP contribution in [0.3, 0.4) is 0 Å². The molecule has 0 aliphatic rings. The maximum absolute atomic E-state index is 10.6. The van der Waals surface area contributed by atoms with Crippen LogP contribution in [-0.4, -0.2) is 26.4 Å². The lowest BCUT2D eigenvalue weighted by atomic mass is 10.7. The van der Waals surface area contributed by atoms with Crippen molar-refractivity contribution in [3.05, 3.63) is 0 Å². The van der Waals surface area contributed by atoms with Crippen LogP contribution in [0.15, 0.2) is 0 Å². The van der Waals surface area contributed by atoms with Crippen LogP contribution in [0.5, 0.6) is 0 Å². The minimum atomic E-state index is -4.05. The SMILES string of the molecule is CCOC(=O)C(N)S(=O)(=O)Cl. The largest absolute Gasteiger partial charge is 0.464 e. The smallest absolute Gasteiger partial charge is 0.340 e. The zero-order valence-electron chi connectivity index (χ0n) is 5.78. The second kappa shape index (κ2) is 3.89. The van der Waals surface area contributed by atoms with Crippen molar-refractivity contribution in [1.82, 2.24) is 0 Å². The van der Waals surface area contributed by atoms with Crippen LogP contribution in [0, 0.1) is 0 Å². The van der Waals surface area contributed by atoms with Crippen LogP contribution in [-0.2, 0) is 18.6 Å². The molecule has 0 saturated heterocycles. The molecule has 0 aromatic rings. The Labute approximate surface area is 68.9 Å². The average Bonchev–Trinajstić information content (AvgIpc) is 1.85. The molecule has 0 fully saturated rings. The standard InChI is InChI=1S/C4H8ClNO4S/c1-2-10-4(7)3(6)11(5,8)9/h3H,2,6H2,1H3. The summed E-state index contributed by atoms with van der Waals surface area (Å²) in [7, 11) is 0.712. The topological polar surface area (TPSA) is 86.5 Å². The van der Waals surface area contributed by atoms with Crippen molar-refractivity contribution in [2.75, 3.05) is 6.61 Å². The fraction of sp³-hybridized carbons (Fsp3) is 0.750. The minimum absolute atomic E-state index is 0.0684. The molecule has 0 amide bonds. The third-order valence-electron chi connectivity index (χ3n) is 0.822. The summed E-state index contributed by atoms with van der Waals surface area (Å²) in [5, 5.41) is -1.79. The highest BCUT2D eigenvalue weighted by atomic mass is 35.7. The van der Waals surface area contributed by atoms with Gasteiger partial charge >= 0.3 is 5.97 Å². The van der Waals surface area contributed by atoms with Gasteiger partial charge in [-0.3, -0.25) is 0 Å². The molecule has 0 aromatic carbocycles. The number of esters is 1. The molecular formula is C4H8ClNO4S. The number of hydrogen-bond acceptors (Lipinski definition) is 5. The van der Waals surface area contributed by atoms with Gasteiger partial charge in [0.05, 0.1) is 6.61 Å². The van der Waals surface area contributed by atoms with E-state index >= 15 is 0 Å². The lowest BCUT2D eigenvalue weighted by molar-refractivity contribution is -0.142. The van der Waals surface area contributed by atoms with Gasteiger partial charge < -0.3 is 10.5 Å². The van der Waals surface area contributed by atoms with Gasteiger partial charge in [0.25, 0.3) is 9.05 Å². The third kappa shape index (κ3) is 3.54. The van der Waals surface area contributed by atoms with Crippen LogP contribution in [0.2, 0.25) is 0 Å². The van der Waals surface area contributed by atoms with Gasteiger partial charge in [-0.05, 0) is 6.92 Å². The Hall–Kier alpha value is -0.330. The first-order valence-electron chi connectivity index (χ1n) is 2.75. The van der Waals surface area contributed by atoms with Gasteiger partial charge in [-0.2, -0.15) is 0 Å². The van der Waals surface area contributed by atoms with Gasteiger partial charge in [-0.1, -0.05) is 0 Å². The summed E-state index contributed by atoms with van der Waals surface area (Å²) < 4.78 is 25.1. The first-order chi connectivity index (χ1) is 4.89. The van der Waals surface area contributed by atoms with Gasteiger partial charge in [0, 0.05) is 10.7 Å². The molecule has 2 N–H and O–H groups in total. The molecule has 1 unspecified atom stereocenters. The van der Waals surface area contributed by atoms with Gasteiger partial charge in [0.15, 0.2) is 0 Å². The van der Waals surface area contributed by atoms with E-state index in [1.165, 1.54) is 6.92 Å². The number of halogens is 1. The highest BCUT2D eigenvalue weighted by Gasteiger charge is 2.27. The zero-order chi connectivity index (χ0) is 9.07. The Bertz CT molecular complexity index is 236. The van der Waals surface area contributed by atoms with E-state index in [-0.39, 0.29) is 6.61 Å². The molecular weight excluding hydrogens is 194 g/mol. The van der Waals surface area contributed by atoms with Crippen molar-refractivity contribution in [1.29, 1.82) is 0 Å². The van der Waals surface area contributed by atoms with Crippen LogP contribution in [0.1, 0.15) is 6.92 Å².